The van der Waals surface area contributed by atoms with Crippen molar-refractivity contribution in [2.75, 3.05) is 27.4 Å². The summed E-state index contributed by atoms with van der Waals surface area (Å²) in [5.41, 5.74) is 2.78. The number of benzene rings is 2. The molecule has 1 amide bonds. The van der Waals surface area contributed by atoms with E-state index in [9.17, 15) is 19.8 Å². The Bertz CT molecular complexity index is 1040. The molecule has 1 saturated heterocycles. The number of carbonyl (C=O) groups excluding carboxylic acids is 2. The van der Waals surface area contributed by atoms with Crippen LogP contribution >= 0.6 is 0 Å². The first-order chi connectivity index (χ1) is 14.8. The van der Waals surface area contributed by atoms with Crippen molar-refractivity contribution in [2.45, 2.75) is 26.3 Å². The number of aryl methyl sites for hydroxylation is 2. The largest absolute Gasteiger partial charge is 0.507 e. The van der Waals surface area contributed by atoms with E-state index in [0.29, 0.717) is 24.2 Å². The summed E-state index contributed by atoms with van der Waals surface area (Å²) in [6.07, 6.45) is 0.527. The number of aromatic hydroxyl groups is 1. The second kappa shape index (κ2) is 9.22. The summed E-state index contributed by atoms with van der Waals surface area (Å²) in [5, 5.41) is 21.2. The third-order valence-electron chi connectivity index (χ3n) is 5.46. The van der Waals surface area contributed by atoms with Gasteiger partial charge in [-0.2, -0.15) is 0 Å². The number of rotatable bonds is 7. The molecule has 1 fully saturated rings. The van der Waals surface area contributed by atoms with Crippen molar-refractivity contribution >= 4 is 17.4 Å². The molecule has 2 N–H and O–H groups in total. The predicted molar refractivity (Wildman–Crippen MR) is 116 cm³/mol. The maximum Gasteiger partial charge on any atom is 0.295 e. The molecule has 0 aromatic heterocycles. The van der Waals surface area contributed by atoms with Gasteiger partial charge in [-0.05, 0) is 49.6 Å². The first-order valence-corrected chi connectivity index (χ1v) is 10.0. The molecule has 1 aliphatic rings. The normalized spacial score (nSPS) is 17.9. The van der Waals surface area contributed by atoms with E-state index in [0.717, 1.165) is 11.1 Å². The van der Waals surface area contributed by atoms with Gasteiger partial charge in [0.2, 0.25) is 0 Å². The number of amides is 1. The number of methoxy groups -OCH3 is 2. The van der Waals surface area contributed by atoms with Crippen molar-refractivity contribution in [2.24, 2.45) is 0 Å². The number of Topliss-reactive ketones (excluding diaryl/α,β-unsaturated/α-hetero) is 1. The number of ether oxygens (including phenoxy) is 2. The van der Waals surface area contributed by atoms with Gasteiger partial charge in [-0.1, -0.05) is 23.8 Å². The molecule has 3 rings (SSSR count). The summed E-state index contributed by atoms with van der Waals surface area (Å²) in [6, 6.07) is 9.39. The van der Waals surface area contributed by atoms with E-state index in [1.54, 1.807) is 25.3 Å². The summed E-state index contributed by atoms with van der Waals surface area (Å²) in [5.74, 6) is -1.48. The minimum atomic E-state index is -0.814. The summed E-state index contributed by atoms with van der Waals surface area (Å²) < 4.78 is 10.3. The molecular formula is C24H27NO6. The molecule has 7 heteroatoms. The number of carbonyl (C=O) groups is 2. The quantitative estimate of drug-likeness (QED) is 0.305. The fourth-order valence-corrected chi connectivity index (χ4v) is 3.84. The van der Waals surface area contributed by atoms with Crippen LogP contribution in [-0.2, 0) is 14.3 Å². The van der Waals surface area contributed by atoms with E-state index >= 15 is 0 Å². The van der Waals surface area contributed by atoms with E-state index in [1.165, 1.54) is 18.1 Å². The summed E-state index contributed by atoms with van der Waals surface area (Å²) >= 11 is 0. The molecular weight excluding hydrogens is 398 g/mol. The van der Waals surface area contributed by atoms with Crippen molar-refractivity contribution in [1.82, 2.24) is 4.90 Å². The number of nitrogens with zero attached hydrogens (tertiary/aromatic N) is 1. The zero-order chi connectivity index (χ0) is 22.7. The lowest BCUT2D eigenvalue weighted by Crippen LogP contribution is -2.31. The molecule has 2 aromatic rings. The monoisotopic (exact) mass is 425 g/mol. The molecule has 0 saturated carbocycles. The SMILES string of the molecule is COCCCN1C(=O)C(=O)C(=C(O)c2cc(C)ccc2C)[C@H]1c1ccc(O)c(OC)c1. The third kappa shape index (κ3) is 4.27. The Morgan fingerprint density at radius 1 is 1.10 bits per heavy atom. The van der Waals surface area contributed by atoms with Crippen LogP contribution in [0.5, 0.6) is 11.5 Å². The lowest BCUT2D eigenvalue weighted by Gasteiger charge is -2.26. The van der Waals surface area contributed by atoms with Crippen molar-refractivity contribution in [3.63, 3.8) is 0 Å². The van der Waals surface area contributed by atoms with Crippen molar-refractivity contribution in [3.05, 3.63) is 64.2 Å². The topological polar surface area (TPSA) is 96.3 Å². The Kier molecular flexibility index (Phi) is 6.65. The van der Waals surface area contributed by atoms with Crippen LogP contribution in [0.15, 0.2) is 42.0 Å². The van der Waals surface area contributed by atoms with Crippen LogP contribution < -0.4 is 4.74 Å². The van der Waals surface area contributed by atoms with Gasteiger partial charge < -0.3 is 24.6 Å². The average Bonchev–Trinajstić information content (AvgIpc) is 3.00. The average molecular weight is 425 g/mol. The van der Waals surface area contributed by atoms with Crippen LogP contribution in [0.4, 0.5) is 0 Å². The first kappa shape index (κ1) is 22.4. The lowest BCUT2D eigenvalue weighted by atomic mass is 9.93. The Balaban J connectivity index is 2.20. The van der Waals surface area contributed by atoms with Crippen LogP contribution in [0.1, 0.15) is 34.7 Å². The summed E-state index contributed by atoms with van der Waals surface area (Å²) in [6.45, 7) is 4.42. The molecule has 0 spiro atoms. The van der Waals surface area contributed by atoms with Gasteiger partial charge >= 0.3 is 0 Å². The van der Waals surface area contributed by atoms with Gasteiger partial charge in [0.25, 0.3) is 11.7 Å². The van der Waals surface area contributed by atoms with Gasteiger partial charge in [0, 0.05) is 25.8 Å². The first-order valence-electron chi connectivity index (χ1n) is 10.0. The molecule has 1 atom stereocenters. The number of phenolic OH excluding ortho intramolecular Hbond substituents is 1. The molecule has 7 nitrogen and oxygen atoms in total. The molecule has 1 heterocycles. The van der Waals surface area contributed by atoms with Gasteiger partial charge in [0.05, 0.1) is 18.7 Å². The molecule has 1 aliphatic heterocycles. The van der Waals surface area contributed by atoms with Gasteiger partial charge in [-0.25, -0.2) is 0 Å². The minimum Gasteiger partial charge on any atom is -0.507 e. The Morgan fingerprint density at radius 2 is 1.84 bits per heavy atom. The van der Waals surface area contributed by atoms with Gasteiger partial charge in [0.15, 0.2) is 11.5 Å². The van der Waals surface area contributed by atoms with Gasteiger partial charge in [0.1, 0.15) is 5.76 Å². The molecule has 2 aromatic carbocycles. The highest BCUT2D eigenvalue weighted by Gasteiger charge is 2.46. The van der Waals surface area contributed by atoms with Crippen molar-refractivity contribution < 1.29 is 29.3 Å². The molecule has 164 valence electrons. The van der Waals surface area contributed by atoms with E-state index < -0.39 is 17.7 Å². The van der Waals surface area contributed by atoms with E-state index in [2.05, 4.69) is 0 Å². The molecule has 31 heavy (non-hydrogen) atoms. The van der Waals surface area contributed by atoms with Gasteiger partial charge in [-0.15, -0.1) is 0 Å². The highest BCUT2D eigenvalue weighted by Crippen LogP contribution is 2.42. The maximum absolute atomic E-state index is 13.0. The Morgan fingerprint density at radius 3 is 2.52 bits per heavy atom. The number of hydrogen-bond acceptors (Lipinski definition) is 6. The van der Waals surface area contributed by atoms with E-state index in [-0.39, 0.29) is 29.4 Å². The van der Waals surface area contributed by atoms with E-state index in [4.69, 9.17) is 9.47 Å². The van der Waals surface area contributed by atoms with Crippen molar-refractivity contribution in [3.8, 4) is 11.5 Å². The van der Waals surface area contributed by atoms with Crippen LogP contribution in [0.3, 0.4) is 0 Å². The number of aliphatic hydroxyl groups is 1. The third-order valence-corrected chi connectivity index (χ3v) is 5.46. The molecule has 0 unspecified atom stereocenters. The maximum atomic E-state index is 13.0. The van der Waals surface area contributed by atoms with Crippen LogP contribution in [-0.4, -0.2) is 54.2 Å². The zero-order valence-corrected chi connectivity index (χ0v) is 18.1. The number of hydrogen-bond donors (Lipinski definition) is 2. The lowest BCUT2D eigenvalue weighted by molar-refractivity contribution is -0.140. The number of likely N-dealkylation sites (tertiary alicyclic amines) is 1. The zero-order valence-electron chi connectivity index (χ0n) is 18.1. The van der Waals surface area contributed by atoms with Crippen LogP contribution in [0, 0.1) is 13.8 Å². The summed E-state index contributed by atoms with van der Waals surface area (Å²) in [4.78, 5) is 27.4. The second-order valence-electron chi connectivity index (χ2n) is 7.59. The summed E-state index contributed by atoms with van der Waals surface area (Å²) in [7, 11) is 2.99. The van der Waals surface area contributed by atoms with E-state index in [1.807, 2.05) is 26.0 Å². The fourth-order valence-electron chi connectivity index (χ4n) is 3.84. The number of phenols is 1. The molecule has 0 aliphatic carbocycles. The Labute approximate surface area is 181 Å². The van der Waals surface area contributed by atoms with Crippen LogP contribution in [0.25, 0.3) is 5.76 Å². The number of aliphatic hydroxyl groups excluding tert-OH is 1. The molecule has 0 radical (unpaired) electrons. The highest BCUT2D eigenvalue weighted by molar-refractivity contribution is 6.46. The smallest absolute Gasteiger partial charge is 0.295 e. The fraction of sp³-hybridized carbons (Fsp3) is 0.333. The van der Waals surface area contributed by atoms with Crippen LogP contribution in [0.2, 0.25) is 0 Å². The predicted octanol–water partition coefficient (Wildman–Crippen LogP) is 3.48. The highest BCUT2D eigenvalue weighted by atomic mass is 16.5. The van der Waals surface area contributed by atoms with Gasteiger partial charge in [-0.3, -0.25) is 9.59 Å². The Hall–Kier alpha value is -3.32. The molecule has 0 bridgehead atoms. The standard InChI is InChI=1S/C24H27NO6/c1-14-6-7-15(2)17(12-14)22(27)20-21(16-8-9-18(26)19(13-16)31-4)25(10-5-11-30-3)24(29)23(20)28/h6-9,12-13,21,26-27H,5,10-11H2,1-4H3/t21-/m1/s1. The minimum absolute atomic E-state index is 0.0175. The number of ketones is 1. The van der Waals surface area contributed by atoms with Crippen molar-refractivity contribution in [1.29, 1.82) is 0 Å². The second-order valence-corrected chi connectivity index (χ2v) is 7.59.